The molecule has 0 atom stereocenters. The predicted molar refractivity (Wildman–Crippen MR) is 80.5 cm³/mol. The fourth-order valence-corrected chi connectivity index (χ4v) is 2.48. The second-order valence-corrected chi connectivity index (χ2v) is 5.11. The Labute approximate surface area is 124 Å². The topological polar surface area (TPSA) is 51.2 Å². The molecule has 108 valence electrons. The Kier molecular flexibility index (Phi) is 4.15. The summed E-state index contributed by atoms with van der Waals surface area (Å²) >= 11 is 0. The number of hydrogen-bond acceptors (Lipinski definition) is 3. The number of benzene rings is 1. The van der Waals surface area contributed by atoms with Gasteiger partial charge < -0.3 is 10.1 Å². The number of nitrogens with zero attached hydrogens (tertiary/aromatic N) is 1. The van der Waals surface area contributed by atoms with Crippen molar-refractivity contribution in [2.24, 2.45) is 0 Å². The number of aromatic nitrogens is 1. The van der Waals surface area contributed by atoms with Gasteiger partial charge in [0, 0.05) is 12.7 Å². The molecule has 0 aliphatic carbocycles. The summed E-state index contributed by atoms with van der Waals surface area (Å²) in [6.45, 7) is 1.42. The monoisotopic (exact) mass is 282 g/mol. The van der Waals surface area contributed by atoms with Crippen molar-refractivity contribution in [1.29, 1.82) is 0 Å². The smallest absolute Gasteiger partial charge is 0.269 e. The van der Waals surface area contributed by atoms with Gasteiger partial charge in [-0.15, -0.1) is 0 Å². The van der Waals surface area contributed by atoms with Crippen molar-refractivity contribution < 1.29 is 9.53 Å². The molecule has 4 nitrogen and oxygen atoms in total. The maximum atomic E-state index is 11.9. The van der Waals surface area contributed by atoms with E-state index < -0.39 is 0 Å². The largest absolute Gasteiger partial charge is 0.493 e. The summed E-state index contributed by atoms with van der Waals surface area (Å²) in [7, 11) is 0. The molecule has 1 aliphatic heterocycles. The third-order valence-corrected chi connectivity index (χ3v) is 3.57. The van der Waals surface area contributed by atoms with E-state index in [9.17, 15) is 4.79 Å². The second-order valence-electron chi connectivity index (χ2n) is 5.11. The van der Waals surface area contributed by atoms with E-state index >= 15 is 0 Å². The number of carbonyl (C=O) groups is 1. The lowest BCUT2D eigenvalue weighted by atomic mass is 10.0. The first-order valence-electron chi connectivity index (χ1n) is 7.27. The molecule has 0 unspecified atom stereocenters. The van der Waals surface area contributed by atoms with Gasteiger partial charge in [-0.05, 0) is 48.6 Å². The first kappa shape index (κ1) is 13.6. The Morgan fingerprint density at radius 1 is 1.29 bits per heavy atom. The standard InChI is InChI=1S/C17H18N2O2/c20-17(15-5-1-2-9-18-15)19-10-8-13-6-7-16-14(12-13)4-3-11-21-16/h1-2,5-7,9,12H,3-4,8,10-11H2,(H,19,20). The zero-order valence-corrected chi connectivity index (χ0v) is 11.8. The third-order valence-electron chi connectivity index (χ3n) is 3.57. The number of ether oxygens (including phenoxy) is 1. The highest BCUT2D eigenvalue weighted by Crippen LogP contribution is 2.25. The fraction of sp³-hybridized carbons (Fsp3) is 0.294. The highest BCUT2D eigenvalue weighted by molar-refractivity contribution is 5.92. The van der Waals surface area contributed by atoms with E-state index in [-0.39, 0.29) is 5.91 Å². The number of hydrogen-bond donors (Lipinski definition) is 1. The lowest BCUT2D eigenvalue weighted by Gasteiger charge is -2.17. The average molecular weight is 282 g/mol. The van der Waals surface area contributed by atoms with Crippen LogP contribution >= 0.6 is 0 Å². The molecule has 3 rings (SSSR count). The number of carbonyl (C=O) groups excluding carboxylic acids is 1. The third kappa shape index (κ3) is 3.40. The molecular weight excluding hydrogens is 264 g/mol. The van der Waals surface area contributed by atoms with E-state index in [2.05, 4.69) is 22.4 Å². The molecule has 4 heteroatoms. The molecule has 21 heavy (non-hydrogen) atoms. The van der Waals surface area contributed by atoms with Gasteiger partial charge in [0.25, 0.3) is 5.91 Å². The molecular formula is C17H18N2O2. The van der Waals surface area contributed by atoms with Crippen LogP contribution in [0.1, 0.15) is 28.0 Å². The molecule has 0 spiro atoms. The van der Waals surface area contributed by atoms with Crippen LogP contribution in [0.15, 0.2) is 42.6 Å². The van der Waals surface area contributed by atoms with Gasteiger partial charge in [-0.25, -0.2) is 0 Å². The van der Waals surface area contributed by atoms with E-state index in [1.165, 1.54) is 11.1 Å². The fourth-order valence-electron chi connectivity index (χ4n) is 2.48. The van der Waals surface area contributed by atoms with Crippen LogP contribution in [0.25, 0.3) is 0 Å². The molecule has 0 saturated carbocycles. The number of fused-ring (bicyclic) bond motifs is 1. The lowest BCUT2D eigenvalue weighted by Crippen LogP contribution is -2.26. The first-order valence-corrected chi connectivity index (χ1v) is 7.27. The van der Waals surface area contributed by atoms with Crippen LogP contribution < -0.4 is 10.1 Å². The minimum atomic E-state index is -0.128. The Morgan fingerprint density at radius 2 is 2.24 bits per heavy atom. The van der Waals surface area contributed by atoms with Crippen molar-refractivity contribution in [3.8, 4) is 5.75 Å². The van der Waals surface area contributed by atoms with Gasteiger partial charge in [-0.1, -0.05) is 18.2 Å². The molecule has 0 bridgehead atoms. The first-order chi connectivity index (χ1) is 10.3. The lowest BCUT2D eigenvalue weighted by molar-refractivity contribution is 0.0949. The number of pyridine rings is 1. The van der Waals surface area contributed by atoms with Gasteiger partial charge >= 0.3 is 0 Å². The van der Waals surface area contributed by atoms with Crippen molar-refractivity contribution in [3.05, 3.63) is 59.4 Å². The van der Waals surface area contributed by atoms with Crippen molar-refractivity contribution in [3.63, 3.8) is 0 Å². The molecule has 1 aliphatic rings. The van der Waals surface area contributed by atoms with Crippen molar-refractivity contribution in [2.75, 3.05) is 13.2 Å². The second kappa shape index (κ2) is 6.39. The number of amides is 1. The van der Waals surface area contributed by atoms with Crippen LogP contribution in [-0.4, -0.2) is 24.0 Å². The maximum Gasteiger partial charge on any atom is 0.269 e. The summed E-state index contributed by atoms with van der Waals surface area (Å²) in [5.41, 5.74) is 2.95. The van der Waals surface area contributed by atoms with Gasteiger partial charge in [0.2, 0.25) is 0 Å². The zero-order chi connectivity index (χ0) is 14.5. The molecule has 0 saturated heterocycles. The molecule has 1 aromatic heterocycles. The zero-order valence-electron chi connectivity index (χ0n) is 11.8. The SMILES string of the molecule is O=C(NCCc1ccc2c(c1)CCCO2)c1ccccn1. The van der Waals surface area contributed by atoms with E-state index in [1.54, 1.807) is 18.3 Å². The van der Waals surface area contributed by atoms with Crippen LogP contribution in [0, 0.1) is 0 Å². The van der Waals surface area contributed by atoms with Crippen molar-refractivity contribution in [1.82, 2.24) is 10.3 Å². The number of nitrogens with one attached hydrogen (secondary N) is 1. The number of aryl methyl sites for hydroxylation is 1. The summed E-state index contributed by atoms with van der Waals surface area (Å²) in [4.78, 5) is 15.9. The summed E-state index contributed by atoms with van der Waals surface area (Å²) in [6, 6.07) is 11.6. The summed E-state index contributed by atoms with van der Waals surface area (Å²) in [6.07, 6.45) is 4.58. The molecule has 2 heterocycles. The minimum absolute atomic E-state index is 0.128. The van der Waals surface area contributed by atoms with E-state index in [0.717, 1.165) is 31.6 Å². The number of rotatable bonds is 4. The predicted octanol–water partition coefficient (Wildman–Crippen LogP) is 2.38. The van der Waals surface area contributed by atoms with Crippen LogP contribution in [0.5, 0.6) is 5.75 Å². The van der Waals surface area contributed by atoms with E-state index in [1.807, 2.05) is 12.1 Å². The highest BCUT2D eigenvalue weighted by Gasteiger charge is 2.10. The summed E-state index contributed by atoms with van der Waals surface area (Å²) in [5.74, 6) is 0.874. The Bertz CT molecular complexity index is 626. The van der Waals surface area contributed by atoms with Gasteiger partial charge in [0.05, 0.1) is 6.61 Å². The molecule has 1 N–H and O–H groups in total. The minimum Gasteiger partial charge on any atom is -0.493 e. The van der Waals surface area contributed by atoms with Crippen LogP contribution in [0.2, 0.25) is 0 Å². The maximum absolute atomic E-state index is 11.9. The average Bonchev–Trinajstić information content (AvgIpc) is 2.55. The highest BCUT2D eigenvalue weighted by atomic mass is 16.5. The van der Waals surface area contributed by atoms with E-state index in [0.29, 0.717) is 12.2 Å². The molecule has 1 amide bonds. The van der Waals surface area contributed by atoms with Crippen molar-refractivity contribution in [2.45, 2.75) is 19.3 Å². The Balaban J connectivity index is 1.55. The van der Waals surface area contributed by atoms with Crippen molar-refractivity contribution >= 4 is 5.91 Å². The van der Waals surface area contributed by atoms with Crippen LogP contribution in [0.4, 0.5) is 0 Å². The van der Waals surface area contributed by atoms with Crippen LogP contribution in [-0.2, 0) is 12.8 Å². The summed E-state index contributed by atoms with van der Waals surface area (Å²) in [5, 5.41) is 2.89. The quantitative estimate of drug-likeness (QED) is 0.936. The van der Waals surface area contributed by atoms with Gasteiger partial charge in [0.15, 0.2) is 0 Å². The molecule has 0 radical (unpaired) electrons. The Morgan fingerprint density at radius 3 is 3.10 bits per heavy atom. The molecule has 2 aromatic rings. The molecule has 0 fully saturated rings. The normalized spacial score (nSPS) is 13.1. The van der Waals surface area contributed by atoms with Crippen LogP contribution in [0.3, 0.4) is 0 Å². The summed E-state index contributed by atoms with van der Waals surface area (Å²) < 4.78 is 5.60. The Hall–Kier alpha value is -2.36. The molecule has 1 aromatic carbocycles. The van der Waals surface area contributed by atoms with Gasteiger partial charge in [-0.2, -0.15) is 0 Å². The van der Waals surface area contributed by atoms with E-state index in [4.69, 9.17) is 4.74 Å². The van der Waals surface area contributed by atoms with Gasteiger partial charge in [-0.3, -0.25) is 9.78 Å². The van der Waals surface area contributed by atoms with Gasteiger partial charge in [0.1, 0.15) is 11.4 Å².